The van der Waals surface area contributed by atoms with Crippen molar-refractivity contribution in [3.63, 3.8) is 0 Å². The SMILES string of the molecule is Fc1ccc(F)c(/C=C/C2CCCCN2)c1. The molecule has 0 aromatic heterocycles. The van der Waals surface area contributed by atoms with E-state index in [0.29, 0.717) is 5.56 Å². The molecule has 3 heteroatoms. The van der Waals surface area contributed by atoms with Crippen LogP contribution in [0.2, 0.25) is 0 Å². The summed E-state index contributed by atoms with van der Waals surface area (Å²) >= 11 is 0. The van der Waals surface area contributed by atoms with Crippen molar-refractivity contribution >= 4 is 6.08 Å². The molecule has 0 radical (unpaired) electrons. The monoisotopic (exact) mass is 223 g/mol. The van der Waals surface area contributed by atoms with E-state index in [-0.39, 0.29) is 11.9 Å². The highest BCUT2D eigenvalue weighted by molar-refractivity contribution is 5.50. The van der Waals surface area contributed by atoms with Gasteiger partial charge in [0.05, 0.1) is 0 Å². The van der Waals surface area contributed by atoms with Gasteiger partial charge in [-0.3, -0.25) is 0 Å². The Labute approximate surface area is 94.2 Å². The zero-order valence-corrected chi connectivity index (χ0v) is 9.05. The molecule has 1 fully saturated rings. The molecule has 1 N–H and O–H groups in total. The summed E-state index contributed by atoms with van der Waals surface area (Å²) in [5.41, 5.74) is 0.312. The fraction of sp³-hybridized carbons (Fsp3) is 0.385. The zero-order chi connectivity index (χ0) is 11.4. The van der Waals surface area contributed by atoms with Crippen molar-refractivity contribution in [2.45, 2.75) is 25.3 Å². The Morgan fingerprint density at radius 3 is 2.88 bits per heavy atom. The van der Waals surface area contributed by atoms with Crippen molar-refractivity contribution in [1.29, 1.82) is 0 Å². The minimum Gasteiger partial charge on any atom is -0.311 e. The second-order valence-electron chi connectivity index (χ2n) is 4.08. The van der Waals surface area contributed by atoms with E-state index >= 15 is 0 Å². The van der Waals surface area contributed by atoms with Crippen LogP contribution >= 0.6 is 0 Å². The van der Waals surface area contributed by atoms with Crippen LogP contribution in [0.25, 0.3) is 6.08 Å². The molecule has 1 nitrogen and oxygen atoms in total. The molecular formula is C13H15F2N. The maximum absolute atomic E-state index is 13.3. The number of rotatable bonds is 2. The summed E-state index contributed by atoms with van der Waals surface area (Å²) in [5.74, 6) is -0.786. The molecule has 1 aliphatic rings. The topological polar surface area (TPSA) is 12.0 Å². The summed E-state index contributed by atoms with van der Waals surface area (Å²) in [6.07, 6.45) is 7.01. The van der Waals surface area contributed by atoms with Gasteiger partial charge in [0.1, 0.15) is 11.6 Å². The largest absolute Gasteiger partial charge is 0.311 e. The first-order valence-corrected chi connectivity index (χ1v) is 5.62. The zero-order valence-electron chi connectivity index (χ0n) is 9.05. The Kier molecular flexibility index (Phi) is 3.67. The molecule has 1 aliphatic heterocycles. The van der Waals surface area contributed by atoms with Gasteiger partial charge in [-0.05, 0) is 37.6 Å². The van der Waals surface area contributed by atoms with E-state index in [4.69, 9.17) is 0 Å². The third kappa shape index (κ3) is 2.89. The van der Waals surface area contributed by atoms with Crippen LogP contribution in [0.1, 0.15) is 24.8 Å². The maximum Gasteiger partial charge on any atom is 0.130 e. The fourth-order valence-corrected chi connectivity index (χ4v) is 1.91. The van der Waals surface area contributed by atoms with Gasteiger partial charge in [0.15, 0.2) is 0 Å². The average molecular weight is 223 g/mol. The fourth-order valence-electron chi connectivity index (χ4n) is 1.91. The standard InChI is InChI=1S/C13H15F2N/c14-11-5-7-13(15)10(9-11)4-6-12-3-1-2-8-16-12/h4-7,9,12,16H,1-3,8H2/b6-4+. The third-order valence-electron chi connectivity index (χ3n) is 2.81. The summed E-state index contributed by atoms with van der Waals surface area (Å²) < 4.78 is 26.2. The number of hydrogen-bond acceptors (Lipinski definition) is 1. The van der Waals surface area contributed by atoms with Crippen LogP contribution in [-0.2, 0) is 0 Å². The summed E-state index contributed by atoms with van der Waals surface area (Å²) in [5, 5.41) is 3.32. The molecule has 1 aromatic carbocycles. The molecule has 1 atom stereocenters. The normalized spacial score (nSPS) is 21.5. The molecule has 16 heavy (non-hydrogen) atoms. The Morgan fingerprint density at radius 2 is 2.12 bits per heavy atom. The smallest absolute Gasteiger partial charge is 0.130 e. The predicted molar refractivity (Wildman–Crippen MR) is 61.0 cm³/mol. The number of benzene rings is 1. The lowest BCUT2D eigenvalue weighted by Crippen LogP contribution is -2.31. The van der Waals surface area contributed by atoms with Crippen molar-refractivity contribution in [1.82, 2.24) is 5.32 Å². The lowest BCUT2D eigenvalue weighted by atomic mass is 10.0. The molecule has 1 unspecified atom stereocenters. The Hall–Kier alpha value is -1.22. The molecule has 0 amide bonds. The first kappa shape index (κ1) is 11.3. The van der Waals surface area contributed by atoms with Crippen LogP contribution in [-0.4, -0.2) is 12.6 Å². The number of nitrogens with one attached hydrogen (secondary N) is 1. The number of hydrogen-bond donors (Lipinski definition) is 1. The van der Waals surface area contributed by atoms with Crippen molar-refractivity contribution < 1.29 is 8.78 Å². The highest BCUT2D eigenvalue weighted by Gasteiger charge is 2.09. The van der Waals surface area contributed by atoms with E-state index in [1.54, 1.807) is 6.08 Å². The van der Waals surface area contributed by atoms with E-state index in [1.165, 1.54) is 18.9 Å². The highest BCUT2D eigenvalue weighted by atomic mass is 19.1. The van der Waals surface area contributed by atoms with Gasteiger partial charge in [-0.25, -0.2) is 8.78 Å². The molecule has 0 saturated carbocycles. The molecule has 0 bridgehead atoms. The lowest BCUT2D eigenvalue weighted by molar-refractivity contribution is 0.455. The number of halogens is 2. The van der Waals surface area contributed by atoms with E-state index in [0.717, 1.165) is 25.1 Å². The minimum absolute atomic E-state index is 0.288. The lowest BCUT2D eigenvalue weighted by Gasteiger charge is -2.20. The van der Waals surface area contributed by atoms with Gasteiger partial charge in [0, 0.05) is 11.6 Å². The van der Waals surface area contributed by atoms with Crippen LogP contribution in [0.4, 0.5) is 8.78 Å². The first-order chi connectivity index (χ1) is 7.75. The molecule has 86 valence electrons. The average Bonchev–Trinajstić information content (AvgIpc) is 2.32. The van der Waals surface area contributed by atoms with Crippen LogP contribution in [0.5, 0.6) is 0 Å². The minimum atomic E-state index is -0.405. The molecule has 2 rings (SSSR count). The summed E-state index contributed by atoms with van der Waals surface area (Å²) in [4.78, 5) is 0. The Bertz CT molecular complexity index is 382. The Balaban J connectivity index is 2.07. The van der Waals surface area contributed by atoms with Gasteiger partial charge in [-0.1, -0.05) is 18.6 Å². The van der Waals surface area contributed by atoms with Gasteiger partial charge in [-0.2, -0.15) is 0 Å². The first-order valence-electron chi connectivity index (χ1n) is 5.62. The van der Waals surface area contributed by atoms with E-state index < -0.39 is 5.82 Å². The van der Waals surface area contributed by atoms with E-state index in [9.17, 15) is 8.78 Å². The number of piperidine rings is 1. The Morgan fingerprint density at radius 1 is 1.25 bits per heavy atom. The summed E-state index contributed by atoms with van der Waals surface area (Å²) in [7, 11) is 0. The van der Waals surface area contributed by atoms with Gasteiger partial charge >= 0.3 is 0 Å². The van der Waals surface area contributed by atoms with Gasteiger partial charge in [0.25, 0.3) is 0 Å². The second kappa shape index (κ2) is 5.21. The van der Waals surface area contributed by atoms with Gasteiger partial charge in [-0.15, -0.1) is 0 Å². The molecule has 1 heterocycles. The van der Waals surface area contributed by atoms with Crippen molar-refractivity contribution in [3.05, 3.63) is 41.5 Å². The molecular weight excluding hydrogens is 208 g/mol. The summed E-state index contributed by atoms with van der Waals surface area (Å²) in [6.45, 7) is 1.00. The third-order valence-corrected chi connectivity index (χ3v) is 2.81. The quantitative estimate of drug-likeness (QED) is 0.812. The second-order valence-corrected chi connectivity index (χ2v) is 4.08. The van der Waals surface area contributed by atoms with E-state index in [2.05, 4.69) is 5.32 Å². The van der Waals surface area contributed by atoms with E-state index in [1.807, 2.05) is 6.08 Å². The van der Waals surface area contributed by atoms with Gasteiger partial charge < -0.3 is 5.32 Å². The molecule has 0 spiro atoms. The van der Waals surface area contributed by atoms with Crippen molar-refractivity contribution in [2.75, 3.05) is 6.54 Å². The maximum atomic E-state index is 13.3. The van der Waals surface area contributed by atoms with Crippen molar-refractivity contribution in [3.8, 4) is 0 Å². The highest BCUT2D eigenvalue weighted by Crippen LogP contribution is 2.14. The van der Waals surface area contributed by atoms with Crippen LogP contribution in [0.3, 0.4) is 0 Å². The molecule has 1 aromatic rings. The van der Waals surface area contributed by atoms with Crippen LogP contribution in [0, 0.1) is 11.6 Å². The summed E-state index contributed by atoms with van der Waals surface area (Å²) in [6, 6.07) is 3.79. The van der Waals surface area contributed by atoms with Crippen LogP contribution in [0.15, 0.2) is 24.3 Å². The van der Waals surface area contributed by atoms with Crippen LogP contribution < -0.4 is 5.32 Å². The molecule has 1 saturated heterocycles. The predicted octanol–water partition coefficient (Wildman–Crippen LogP) is 3.12. The van der Waals surface area contributed by atoms with Gasteiger partial charge in [0.2, 0.25) is 0 Å². The molecule has 0 aliphatic carbocycles. The van der Waals surface area contributed by atoms with Crippen molar-refractivity contribution in [2.24, 2.45) is 0 Å².